The maximum Gasteiger partial charge on any atom is 0.324 e. The van der Waals surface area contributed by atoms with Crippen LogP contribution in [0, 0.1) is 23.3 Å². The van der Waals surface area contributed by atoms with Gasteiger partial charge in [-0.15, -0.1) is 10.2 Å². The van der Waals surface area contributed by atoms with Crippen molar-refractivity contribution in [2.24, 2.45) is 5.73 Å². The van der Waals surface area contributed by atoms with E-state index in [0.29, 0.717) is 0 Å². The zero-order chi connectivity index (χ0) is 44.8. The number of anilines is 2. The topological polar surface area (TPSA) is 129 Å². The standard InChI is InChI=1S/C21H16ClF5N4O2.C20H19ClF3N3O2/c22-15-8-14(3-4-16(15)24)31(21(32)30-6-5-13(23)10-30)9-12-2-1-11(7-17(12)25)19-28-29-20(33-19)18(26)27;21-16-8-15(3-4-17(16)23)27(20(29)26-6-5-14(22)11-26)10-13-2-1-12(7-18(13)24)19(28)9-25/h1-4,7-8,13,18H,5-6,9-10H2;1-4,7-8,14H,5-6,9-11,25H2/t13-;14-/m00/s1. The lowest BCUT2D eigenvalue weighted by Gasteiger charge is -2.28. The van der Waals surface area contributed by atoms with Gasteiger partial charge in [-0.3, -0.25) is 14.6 Å². The number of rotatable bonds is 10. The van der Waals surface area contributed by atoms with E-state index in [4.69, 9.17) is 33.4 Å². The van der Waals surface area contributed by atoms with Crippen molar-refractivity contribution in [2.75, 3.05) is 42.5 Å². The van der Waals surface area contributed by atoms with Crippen molar-refractivity contribution in [2.45, 2.75) is 44.7 Å². The number of urea groups is 2. The van der Waals surface area contributed by atoms with Gasteiger partial charge in [0.15, 0.2) is 5.78 Å². The summed E-state index contributed by atoms with van der Waals surface area (Å²) in [4.78, 5) is 42.7. The molecule has 2 N–H and O–H groups in total. The van der Waals surface area contributed by atoms with Gasteiger partial charge in [0.05, 0.1) is 42.8 Å². The lowest BCUT2D eigenvalue weighted by molar-refractivity contribution is 0.100. The molecule has 2 fully saturated rings. The number of aromatic nitrogens is 2. The van der Waals surface area contributed by atoms with Gasteiger partial charge >= 0.3 is 18.5 Å². The molecular weight excluding hydrogens is 877 g/mol. The minimum Gasteiger partial charge on any atom is -0.415 e. The summed E-state index contributed by atoms with van der Waals surface area (Å²) in [5.41, 5.74) is 6.09. The third-order valence-corrected chi connectivity index (χ3v) is 10.4. The van der Waals surface area contributed by atoms with Crippen LogP contribution in [0.3, 0.4) is 0 Å². The average molecular weight is 913 g/mol. The first-order chi connectivity index (χ1) is 29.5. The number of alkyl halides is 4. The summed E-state index contributed by atoms with van der Waals surface area (Å²) in [6, 6.07) is 13.7. The first kappa shape index (κ1) is 45.7. The van der Waals surface area contributed by atoms with Crippen LogP contribution >= 0.6 is 23.2 Å². The Bertz CT molecular complexity index is 2450. The molecule has 2 aliphatic rings. The summed E-state index contributed by atoms with van der Waals surface area (Å²) in [6.45, 7) is -0.541. The smallest absolute Gasteiger partial charge is 0.324 e. The molecule has 0 aliphatic carbocycles. The molecule has 0 radical (unpaired) electrons. The quantitative estimate of drug-likeness (QED) is 0.109. The van der Waals surface area contributed by atoms with Crippen LogP contribution < -0.4 is 15.5 Å². The molecule has 0 unspecified atom stereocenters. The maximum atomic E-state index is 14.9. The third-order valence-electron chi connectivity index (χ3n) is 9.84. The number of ketones is 1. The highest BCUT2D eigenvalue weighted by atomic mass is 35.5. The zero-order valence-corrected chi connectivity index (χ0v) is 33.7. The minimum atomic E-state index is -2.97. The van der Waals surface area contributed by atoms with Gasteiger partial charge in [-0.2, -0.15) is 8.78 Å². The normalized spacial score (nSPS) is 16.1. The van der Waals surface area contributed by atoms with Crippen LogP contribution in [0.15, 0.2) is 77.2 Å². The molecule has 7 rings (SSSR count). The molecule has 0 bridgehead atoms. The van der Waals surface area contributed by atoms with E-state index in [0.717, 1.165) is 29.2 Å². The molecule has 328 valence electrons. The summed E-state index contributed by atoms with van der Waals surface area (Å²) in [7, 11) is 0. The highest BCUT2D eigenvalue weighted by Gasteiger charge is 2.32. The van der Waals surface area contributed by atoms with E-state index in [9.17, 15) is 49.5 Å². The fourth-order valence-electron chi connectivity index (χ4n) is 6.52. The molecule has 4 amide bonds. The van der Waals surface area contributed by atoms with Gasteiger partial charge in [0.25, 0.3) is 5.89 Å². The molecule has 1 aromatic heterocycles. The lowest BCUT2D eigenvalue weighted by atomic mass is 10.1. The number of Topliss-reactive ketones (excluding diaryl/α,β-unsaturated/α-hetero) is 1. The largest absolute Gasteiger partial charge is 0.415 e. The van der Waals surface area contributed by atoms with Crippen LogP contribution in [-0.4, -0.2) is 82.9 Å². The number of carbonyl (C=O) groups excluding carboxylic acids is 3. The van der Waals surface area contributed by atoms with Gasteiger partial charge in [-0.1, -0.05) is 41.4 Å². The first-order valence-corrected chi connectivity index (χ1v) is 19.5. The molecule has 4 aromatic carbocycles. The number of nitrogens with two attached hydrogens (primary N) is 1. The number of halogens is 10. The van der Waals surface area contributed by atoms with Crippen molar-refractivity contribution in [3.63, 3.8) is 0 Å². The average Bonchev–Trinajstić information content (AvgIpc) is 4.03. The SMILES string of the molecule is NCC(=O)c1ccc(CN(C(=O)N2CC[C@H](F)C2)c2ccc(F)c(Cl)c2)c(F)c1.O=C(N1CC[C@H](F)C1)N(Cc1ccc(-c2nnc(C(F)F)o2)cc1F)c1ccc(F)c(Cl)c1. The number of likely N-dealkylation sites (tertiary alicyclic amines) is 2. The zero-order valence-electron chi connectivity index (χ0n) is 32.2. The molecule has 62 heavy (non-hydrogen) atoms. The number of carbonyl (C=O) groups is 3. The second kappa shape index (κ2) is 19.9. The van der Waals surface area contributed by atoms with Crippen LogP contribution in [0.5, 0.6) is 0 Å². The predicted octanol–water partition coefficient (Wildman–Crippen LogP) is 9.71. The Morgan fingerprint density at radius 3 is 1.61 bits per heavy atom. The van der Waals surface area contributed by atoms with Crippen LogP contribution in [0.2, 0.25) is 10.0 Å². The molecule has 5 aromatic rings. The van der Waals surface area contributed by atoms with Crippen molar-refractivity contribution < 1.29 is 53.9 Å². The van der Waals surface area contributed by atoms with Gasteiger partial charge in [-0.05, 0) is 67.4 Å². The molecule has 3 heterocycles. The van der Waals surface area contributed by atoms with Crippen molar-refractivity contribution in [3.05, 3.63) is 129 Å². The Morgan fingerprint density at radius 1 is 0.710 bits per heavy atom. The van der Waals surface area contributed by atoms with Crippen molar-refractivity contribution in [3.8, 4) is 11.5 Å². The number of hydrogen-bond acceptors (Lipinski definition) is 7. The second-order valence-corrected chi connectivity index (χ2v) is 14.9. The number of benzene rings is 4. The Balaban J connectivity index is 0.000000209. The molecule has 2 atom stereocenters. The van der Waals surface area contributed by atoms with Crippen LogP contribution in [0.25, 0.3) is 11.5 Å². The molecule has 2 aliphatic heterocycles. The molecule has 0 saturated carbocycles. The first-order valence-electron chi connectivity index (χ1n) is 18.8. The van der Waals surface area contributed by atoms with E-state index >= 15 is 0 Å². The van der Waals surface area contributed by atoms with E-state index in [2.05, 4.69) is 10.2 Å². The Morgan fingerprint density at radius 2 is 1.21 bits per heavy atom. The maximum absolute atomic E-state index is 14.9. The highest BCUT2D eigenvalue weighted by Crippen LogP contribution is 2.31. The van der Waals surface area contributed by atoms with Gasteiger partial charge < -0.3 is 20.0 Å². The van der Waals surface area contributed by atoms with Gasteiger partial charge in [0, 0.05) is 46.7 Å². The van der Waals surface area contributed by atoms with Crippen LogP contribution in [0.4, 0.5) is 56.1 Å². The van der Waals surface area contributed by atoms with Crippen LogP contribution in [0.1, 0.15) is 46.6 Å². The summed E-state index contributed by atoms with van der Waals surface area (Å²) in [5.74, 6) is -4.43. The lowest BCUT2D eigenvalue weighted by Crippen LogP contribution is -2.42. The van der Waals surface area contributed by atoms with E-state index in [1.165, 1.54) is 63.2 Å². The Labute approximate surface area is 358 Å². The van der Waals surface area contributed by atoms with Crippen LogP contribution in [-0.2, 0) is 13.1 Å². The van der Waals surface area contributed by atoms with Gasteiger partial charge in [0.1, 0.15) is 35.6 Å². The number of hydrogen-bond donors (Lipinski definition) is 1. The molecule has 2 saturated heterocycles. The summed E-state index contributed by atoms with van der Waals surface area (Å²) in [5, 5.41) is 6.23. The summed E-state index contributed by atoms with van der Waals surface area (Å²) in [6.07, 6.45) is -4.87. The molecule has 11 nitrogen and oxygen atoms in total. The second-order valence-electron chi connectivity index (χ2n) is 14.1. The fourth-order valence-corrected chi connectivity index (χ4v) is 6.87. The van der Waals surface area contributed by atoms with Gasteiger partial charge in [0.2, 0.25) is 5.89 Å². The van der Waals surface area contributed by atoms with Crippen molar-refractivity contribution >= 4 is 52.4 Å². The summed E-state index contributed by atoms with van der Waals surface area (Å²) < 4.78 is 114. The third kappa shape index (κ3) is 10.8. The van der Waals surface area contributed by atoms with E-state index in [1.54, 1.807) is 0 Å². The minimum absolute atomic E-state index is 0.0529. The highest BCUT2D eigenvalue weighted by molar-refractivity contribution is 6.31. The van der Waals surface area contributed by atoms with E-state index in [-0.39, 0.29) is 108 Å². The van der Waals surface area contributed by atoms with Gasteiger partial charge in [-0.25, -0.2) is 35.9 Å². The van der Waals surface area contributed by atoms with E-state index in [1.807, 2.05) is 0 Å². The monoisotopic (exact) mass is 911 g/mol. The predicted molar refractivity (Wildman–Crippen MR) is 213 cm³/mol. The molecular formula is C41H35Cl2F8N7O4. The van der Waals surface area contributed by atoms with Crippen molar-refractivity contribution in [1.29, 1.82) is 0 Å². The fraction of sp³-hybridized carbons (Fsp3) is 0.293. The molecule has 21 heteroatoms. The number of amides is 4. The van der Waals surface area contributed by atoms with E-state index < -0.39 is 65.8 Å². The molecule has 0 spiro atoms. The Hall–Kier alpha value is -5.79. The Kier molecular flexibility index (Phi) is 14.7. The van der Waals surface area contributed by atoms with Crippen molar-refractivity contribution in [1.82, 2.24) is 20.0 Å². The number of nitrogens with zero attached hydrogens (tertiary/aromatic N) is 6. The summed E-state index contributed by atoms with van der Waals surface area (Å²) >= 11 is 11.7.